The van der Waals surface area contributed by atoms with Crippen molar-refractivity contribution in [1.82, 2.24) is 9.97 Å². The lowest BCUT2D eigenvalue weighted by Crippen LogP contribution is -2.11. The number of aromatic nitrogens is 2. The van der Waals surface area contributed by atoms with Gasteiger partial charge < -0.3 is 16.0 Å². The summed E-state index contributed by atoms with van der Waals surface area (Å²) in [5, 5.41) is 3.96. The summed E-state index contributed by atoms with van der Waals surface area (Å²) in [4.78, 5) is 19.1. The number of rotatable bonds is 3. The lowest BCUT2D eigenvalue weighted by atomic mass is 10.1. The Morgan fingerprint density at radius 1 is 1.08 bits per heavy atom. The number of aromatic amines is 1. The van der Waals surface area contributed by atoms with Gasteiger partial charge in [-0.25, -0.2) is 4.98 Å². The average molecular weight is 382 g/mol. The summed E-state index contributed by atoms with van der Waals surface area (Å²) >= 11 is 18.1. The molecule has 0 bridgehead atoms. The van der Waals surface area contributed by atoms with E-state index in [9.17, 15) is 4.79 Å². The van der Waals surface area contributed by atoms with Crippen LogP contribution in [0.4, 0.5) is 11.6 Å². The van der Waals surface area contributed by atoms with Crippen molar-refractivity contribution in [3.05, 3.63) is 63.2 Å². The second-order valence-corrected chi connectivity index (χ2v) is 6.27. The molecule has 4 N–H and O–H groups in total. The number of halogens is 3. The Bertz CT molecular complexity index is 903. The highest BCUT2D eigenvalue weighted by Gasteiger charge is 2.11. The summed E-state index contributed by atoms with van der Waals surface area (Å²) < 4.78 is 0. The van der Waals surface area contributed by atoms with Crippen LogP contribution >= 0.6 is 34.8 Å². The molecule has 3 aromatic rings. The first-order valence-electron chi connectivity index (χ1n) is 6.80. The van der Waals surface area contributed by atoms with Gasteiger partial charge in [-0.15, -0.1) is 0 Å². The van der Waals surface area contributed by atoms with Gasteiger partial charge in [0.2, 0.25) is 0 Å². The van der Waals surface area contributed by atoms with E-state index in [1.165, 1.54) is 12.1 Å². The van der Waals surface area contributed by atoms with Crippen LogP contribution in [0, 0.1) is 0 Å². The standard InChI is InChI=1S/C16H11Cl3N4O/c17-9-3-8(4-10(18)5-9)15(24)22-11-1-2-12(13(19)6-11)14-7-21-16(20)23-14/h1-7H,(H,22,24)(H3,20,21,23). The number of nitrogens with two attached hydrogens (primary N) is 1. The highest BCUT2D eigenvalue weighted by atomic mass is 35.5. The number of nitrogen functional groups attached to an aromatic ring is 1. The van der Waals surface area contributed by atoms with Crippen molar-refractivity contribution in [2.45, 2.75) is 0 Å². The number of H-pyrrole nitrogens is 1. The first kappa shape index (κ1) is 16.6. The number of nitrogens with zero attached hydrogens (tertiary/aromatic N) is 1. The minimum atomic E-state index is -0.339. The van der Waals surface area contributed by atoms with E-state index in [1.54, 1.807) is 30.5 Å². The van der Waals surface area contributed by atoms with E-state index in [2.05, 4.69) is 15.3 Å². The molecule has 24 heavy (non-hydrogen) atoms. The second kappa shape index (κ2) is 6.73. The molecule has 0 spiro atoms. The molecule has 0 aliphatic carbocycles. The summed E-state index contributed by atoms with van der Waals surface area (Å²) in [5.74, 6) is -0.0368. The molecule has 0 atom stereocenters. The highest BCUT2D eigenvalue weighted by Crippen LogP contribution is 2.30. The Morgan fingerprint density at radius 3 is 2.38 bits per heavy atom. The third kappa shape index (κ3) is 3.64. The predicted molar refractivity (Wildman–Crippen MR) is 97.9 cm³/mol. The number of hydrogen-bond acceptors (Lipinski definition) is 3. The molecule has 0 fully saturated rings. The third-order valence-corrected chi connectivity index (χ3v) is 3.99. The quantitative estimate of drug-likeness (QED) is 0.605. The van der Waals surface area contributed by atoms with E-state index in [-0.39, 0.29) is 5.91 Å². The van der Waals surface area contributed by atoms with Gasteiger partial charge in [-0.3, -0.25) is 4.79 Å². The molecular formula is C16H11Cl3N4O. The molecule has 122 valence electrons. The van der Waals surface area contributed by atoms with Crippen molar-refractivity contribution in [2.24, 2.45) is 0 Å². The smallest absolute Gasteiger partial charge is 0.255 e. The van der Waals surface area contributed by atoms with E-state index in [0.29, 0.717) is 38.0 Å². The van der Waals surface area contributed by atoms with Crippen molar-refractivity contribution < 1.29 is 4.79 Å². The maximum atomic E-state index is 12.3. The van der Waals surface area contributed by atoms with Crippen LogP contribution in [-0.4, -0.2) is 15.9 Å². The first-order chi connectivity index (χ1) is 11.4. The SMILES string of the molecule is Nc1ncc(-c2ccc(NC(=O)c3cc(Cl)cc(Cl)c3)cc2Cl)[nH]1. The molecule has 0 aliphatic heterocycles. The molecule has 0 radical (unpaired) electrons. The maximum Gasteiger partial charge on any atom is 0.255 e. The van der Waals surface area contributed by atoms with Crippen molar-refractivity contribution in [3.63, 3.8) is 0 Å². The van der Waals surface area contributed by atoms with Crippen LogP contribution in [0.5, 0.6) is 0 Å². The van der Waals surface area contributed by atoms with Crippen molar-refractivity contribution in [3.8, 4) is 11.3 Å². The number of benzene rings is 2. The molecule has 1 heterocycles. The van der Waals surface area contributed by atoms with Gasteiger partial charge in [0.1, 0.15) is 0 Å². The Labute approximate surface area is 152 Å². The first-order valence-corrected chi connectivity index (χ1v) is 7.93. The zero-order valence-corrected chi connectivity index (χ0v) is 14.4. The number of anilines is 2. The fraction of sp³-hybridized carbons (Fsp3) is 0. The Kier molecular flexibility index (Phi) is 4.66. The van der Waals surface area contributed by atoms with Crippen LogP contribution in [0.3, 0.4) is 0 Å². The minimum absolute atomic E-state index is 0.302. The molecule has 3 rings (SSSR count). The van der Waals surface area contributed by atoms with Crippen molar-refractivity contribution in [1.29, 1.82) is 0 Å². The van der Waals surface area contributed by atoms with Crippen LogP contribution in [0.1, 0.15) is 10.4 Å². The van der Waals surface area contributed by atoms with Crippen LogP contribution in [0.2, 0.25) is 15.1 Å². The Hall–Kier alpha value is -2.21. The van der Waals surface area contributed by atoms with Crippen LogP contribution < -0.4 is 11.1 Å². The van der Waals surface area contributed by atoms with Crippen LogP contribution in [0.25, 0.3) is 11.3 Å². The van der Waals surface area contributed by atoms with E-state index in [0.717, 1.165) is 5.56 Å². The molecule has 5 nitrogen and oxygen atoms in total. The maximum absolute atomic E-state index is 12.3. The number of carbonyl (C=O) groups excluding carboxylic acids is 1. The minimum Gasteiger partial charge on any atom is -0.369 e. The molecule has 2 aromatic carbocycles. The fourth-order valence-electron chi connectivity index (χ4n) is 2.17. The van der Waals surface area contributed by atoms with E-state index < -0.39 is 0 Å². The largest absolute Gasteiger partial charge is 0.369 e. The topological polar surface area (TPSA) is 83.8 Å². The Morgan fingerprint density at radius 2 is 1.79 bits per heavy atom. The van der Waals surface area contributed by atoms with Gasteiger partial charge in [0.25, 0.3) is 5.91 Å². The zero-order chi connectivity index (χ0) is 17.3. The second-order valence-electron chi connectivity index (χ2n) is 4.99. The molecule has 0 saturated carbocycles. The monoisotopic (exact) mass is 380 g/mol. The number of amides is 1. The van der Waals surface area contributed by atoms with Crippen molar-refractivity contribution >= 4 is 52.3 Å². The zero-order valence-electron chi connectivity index (χ0n) is 12.1. The number of imidazole rings is 1. The summed E-state index contributed by atoms with van der Waals surface area (Å²) in [6, 6.07) is 9.75. The van der Waals surface area contributed by atoms with Gasteiger partial charge in [-0.05, 0) is 36.4 Å². The molecule has 0 aliphatic rings. The predicted octanol–water partition coefficient (Wildman–Crippen LogP) is 4.87. The van der Waals surface area contributed by atoms with Gasteiger partial charge >= 0.3 is 0 Å². The van der Waals surface area contributed by atoms with Gasteiger partial charge in [0.05, 0.1) is 16.9 Å². The molecule has 0 saturated heterocycles. The van der Waals surface area contributed by atoms with Gasteiger partial charge in [-0.1, -0.05) is 34.8 Å². The molecule has 0 unspecified atom stereocenters. The van der Waals surface area contributed by atoms with Crippen LogP contribution in [0.15, 0.2) is 42.6 Å². The molecule has 8 heteroatoms. The third-order valence-electron chi connectivity index (χ3n) is 3.24. The van der Waals surface area contributed by atoms with E-state index >= 15 is 0 Å². The van der Waals surface area contributed by atoms with Crippen molar-refractivity contribution in [2.75, 3.05) is 11.1 Å². The lowest BCUT2D eigenvalue weighted by Gasteiger charge is -2.08. The van der Waals surface area contributed by atoms with Gasteiger partial charge in [-0.2, -0.15) is 0 Å². The number of nitrogens with one attached hydrogen (secondary N) is 2. The number of hydrogen-bond donors (Lipinski definition) is 3. The number of carbonyl (C=O) groups is 1. The van der Waals surface area contributed by atoms with Gasteiger partial charge in [0.15, 0.2) is 5.95 Å². The molecule has 1 aromatic heterocycles. The van der Waals surface area contributed by atoms with E-state index in [1.807, 2.05) is 0 Å². The summed E-state index contributed by atoms with van der Waals surface area (Å²) in [5.41, 5.74) is 7.88. The average Bonchev–Trinajstić information content (AvgIpc) is 2.92. The van der Waals surface area contributed by atoms with E-state index in [4.69, 9.17) is 40.5 Å². The van der Waals surface area contributed by atoms with Crippen LogP contribution in [-0.2, 0) is 0 Å². The molecule has 1 amide bonds. The fourth-order valence-corrected chi connectivity index (χ4v) is 2.98. The molecular weight excluding hydrogens is 371 g/mol. The summed E-state index contributed by atoms with van der Waals surface area (Å²) in [7, 11) is 0. The highest BCUT2D eigenvalue weighted by molar-refractivity contribution is 6.35. The summed E-state index contributed by atoms with van der Waals surface area (Å²) in [6.45, 7) is 0. The Balaban J connectivity index is 1.83. The normalized spacial score (nSPS) is 10.6. The lowest BCUT2D eigenvalue weighted by molar-refractivity contribution is 0.102. The van der Waals surface area contributed by atoms with Gasteiger partial charge in [0, 0.05) is 26.9 Å². The summed E-state index contributed by atoms with van der Waals surface area (Å²) in [6.07, 6.45) is 1.59.